The zero-order valence-electron chi connectivity index (χ0n) is 15.5. The van der Waals surface area contributed by atoms with Gasteiger partial charge in [0.15, 0.2) is 0 Å². The summed E-state index contributed by atoms with van der Waals surface area (Å²) in [5.74, 6) is 2.99. The summed E-state index contributed by atoms with van der Waals surface area (Å²) in [6.45, 7) is 0.766. The summed E-state index contributed by atoms with van der Waals surface area (Å²) in [5.41, 5.74) is 3.07. The number of ether oxygens (including phenoxy) is 1. The first-order chi connectivity index (χ1) is 13.7. The molecule has 0 saturated carbocycles. The molecule has 3 aromatic rings. The minimum atomic E-state index is -0.983. The third kappa shape index (κ3) is 4.39. The summed E-state index contributed by atoms with van der Waals surface area (Å²) in [6, 6.07) is 16.0. The summed E-state index contributed by atoms with van der Waals surface area (Å²) in [4.78, 5) is 11.1. The van der Waals surface area contributed by atoms with Crippen LogP contribution < -0.4 is 4.74 Å². The van der Waals surface area contributed by atoms with E-state index in [0.29, 0.717) is 5.92 Å². The maximum atomic E-state index is 11.1. The number of carbonyl (C=O) groups is 1. The van der Waals surface area contributed by atoms with Gasteiger partial charge in [-0.3, -0.25) is 0 Å². The van der Waals surface area contributed by atoms with E-state index < -0.39 is 5.97 Å². The molecule has 1 fully saturated rings. The molecule has 1 saturated heterocycles. The van der Waals surface area contributed by atoms with E-state index in [1.165, 1.54) is 36.7 Å². The molecule has 1 atom stereocenters. The van der Waals surface area contributed by atoms with Crippen molar-refractivity contribution < 1.29 is 14.6 Å². The van der Waals surface area contributed by atoms with Gasteiger partial charge in [0.2, 0.25) is 0 Å². The van der Waals surface area contributed by atoms with Crippen molar-refractivity contribution in [1.82, 2.24) is 9.78 Å². The number of carboxylic acid groups (broad SMARTS) is 1. The lowest BCUT2D eigenvalue weighted by atomic mass is 10.0. The van der Waals surface area contributed by atoms with Crippen LogP contribution in [0.2, 0.25) is 0 Å². The number of aromatic carboxylic acids is 1. The Bertz CT molecular complexity index is 964. The van der Waals surface area contributed by atoms with Gasteiger partial charge in [-0.25, -0.2) is 9.48 Å². The molecule has 0 bridgehead atoms. The summed E-state index contributed by atoms with van der Waals surface area (Å²) >= 11 is 2.02. The van der Waals surface area contributed by atoms with Crippen molar-refractivity contribution in [3.63, 3.8) is 0 Å². The van der Waals surface area contributed by atoms with Gasteiger partial charge in [0, 0.05) is 12.1 Å². The molecule has 1 aliphatic rings. The number of aromatic nitrogens is 2. The lowest BCUT2D eigenvalue weighted by Crippen LogP contribution is -2.18. The van der Waals surface area contributed by atoms with Crippen LogP contribution in [0.15, 0.2) is 60.9 Å². The Kier molecular flexibility index (Phi) is 5.67. The third-order valence-corrected chi connectivity index (χ3v) is 6.13. The van der Waals surface area contributed by atoms with Crippen molar-refractivity contribution in [3.05, 3.63) is 66.5 Å². The molecule has 0 spiro atoms. The molecule has 6 heteroatoms. The molecule has 1 unspecified atom stereocenters. The van der Waals surface area contributed by atoms with Crippen molar-refractivity contribution in [2.75, 3.05) is 18.1 Å². The van der Waals surface area contributed by atoms with Crippen molar-refractivity contribution >= 4 is 17.7 Å². The SMILES string of the molecule is O=C(O)c1cnn(-c2cccc(-c3cccc(OCC4CCCSC4)c3)c2)c1. The van der Waals surface area contributed by atoms with Crippen LogP contribution in [0.25, 0.3) is 16.8 Å². The summed E-state index contributed by atoms with van der Waals surface area (Å²) in [7, 11) is 0. The standard InChI is InChI=1S/C22H22N2O3S/c25-22(26)19-12-23-24(13-19)20-7-1-5-17(10-20)18-6-2-8-21(11-18)27-14-16-4-3-9-28-15-16/h1-2,5-8,10-13,16H,3-4,9,14-15H2,(H,25,26). The fourth-order valence-corrected chi connectivity index (χ4v) is 4.45. The number of carboxylic acids is 1. The highest BCUT2D eigenvalue weighted by atomic mass is 32.2. The zero-order valence-corrected chi connectivity index (χ0v) is 16.3. The van der Waals surface area contributed by atoms with E-state index in [1.54, 1.807) is 4.68 Å². The van der Waals surface area contributed by atoms with E-state index in [9.17, 15) is 4.79 Å². The van der Waals surface area contributed by atoms with Crippen LogP contribution in [0.1, 0.15) is 23.2 Å². The Morgan fingerprint density at radius 3 is 2.79 bits per heavy atom. The van der Waals surface area contributed by atoms with Gasteiger partial charge >= 0.3 is 5.97 Å². The summed E-state index contributed by atoms with van der Waals surface area (Å²) < 4.78 is 7.63. The van der Waals surface area contributed by atoms with E-state index in [0.717, 1.165) is 29.2 Å². The van der Waals surface area contributed by atoms with Crippen molar-refractivity contribution in [3.8, 4) is 22.6 Å². The Morgan fingerprint density at radius 1 is 1.21 bits per heavy atom. The Hall–Kier alpha value is -2.73. The number of hydrogen-bond donors (Lipinski definition) is 1. The fraction of sp³-hybridized carbons (Fsp3) is 0.273. The van der Waals surface area contributed by atoms with Crippen LogP contribution in [0.3, 0.4) is 0 Å². The van der Waals surface area contributed by atoms with Crippen molar-refractivity contribution in [2.24, 2.45) is 5.92 Å². The first-order valence-electron chi connectivity index (χ1n) is 9.38. The topological polar surface area (TPSA) is 64.3 Å². The Labute approximate surface area is 168 Å². The number of benzene rings is 2. The normalized spacial score (nSPS) is 16.6. The molecule has 1 aliphatic heterocycles. The van der Waals surface area contributed by atoms with Gasteiger partial charge < -0.3 is 9.84 Å². The van der Waals surface area contributed by atoms with Crippen LogP contribution >= 0.6 is 11.8 Å². The van der Waals surface area contributed by atoms with Gasteiger partial charge in [-0.05, 0) is 59.7 Å². The van der Waals surface area contributed by atoms with Gasteiger partial charge in [0.1, 0.15) is 5.75 Å². The number of nitrogens with zero attached hydrogens (tertiary/aromatic N) is 2. The Balaban J connectivity index is 1.51. The van der Waals surface area contributed by atoms with E-state index in [-0.39, 0.29) is 5.56 Å². The molecule has 0 radical (unpaired) electrons. The van der Waals surface area contributed by atoms with Gasteiger partial charge in [0.25, 0.3) is 0 Å². The molecule has 1 aromatic heterocycles. The molecule has 5 nitrogen and oxygen atoms in total. The molecular formula is C22H22N2O3S. The quantitative estimate of drug-likeness (QED) is 0.653. The number of hydrogen-bond acceptors (Lipinski definition) is 4. The lowest BCUT2D eigenvalue weighted by Gasteiger charge is -2.21. The number of rotatable bonds is 6. The molecule has 0 aliphatic carbocycles. The highest BCUT2D eigenvalue weighted by molar-refractivity contribution is 7.99. The predicted octanol–water partition coefficient (Wildman–Crippen LogP) is 4.76. The molecule has 0 amide bonds. The Morgan fingerprint density at radius 2 is 2.04 bits per heavy atom. The van der Waals surface area contributed by atoms with E-state index in [2.05, 4.69) is 11.2 Å². The zero-order chi connectivity index (χ0) is 19.3. The van der Waals surface area contributed by atoms with Crippen LogP contribution in [-0.4, -0.2) is 39.0 Å². The molecule has 144 valence electrons. The highest BCUT2D eigenvalue weighted by Crippen LogP contribution is 2.27. The van der Waals surface area contributed by atoms with E-state index in [1.807, 2.05) is 54.2 Å². The van der Waals surface area contributed by atoms with Gasteiger partial charge in [-0.2, -0.15) is 16.9 Å². The molecular weight excluding hydrogens is 372 g/mol. The molecule has 4 rings (SSSR count). The first kappa shape index (κ1) is 18.6. The van der Waals surface area contributed by atoms with Crippen LogP contribution in [0.5, 0.6) is 5.75 Å². The average Bonchev–Trinajstić information content (AvgIpc) is 3.24. The average molecular weight is 394 g/mol. The molecule has 1 N–H and O–H groups in total. The van der Waals surface area contributed by atoms with Crippen LogP contribution in [0, 0.1) is 5.92 Å². The highest BCUT2D eigenvalue weighted by Gasteiger charge is 2.14. The minimum absolute atomic E-state index is 0.168. The van der Waals surface area contributed by atoms with E-state index >= 15 is 0 Å². The second kappa shape index (κ2) is 8.52. The summed E-state index contributed by atoms with van der Waals surface area (Å²) in [6.07, 6.45) is 5.40. The monoisotopic (exact) mass is 394 g/mol. The van der Waals surface area contributed by atoms with Crippen LogP contribution in [0.4, 0.5) is 0 Å². The van der Waals surface area contributed by atoms with Gasteiger partial charge in [0.05, 0.1) is 24.1 Å². The molecule has 2 heterocycles. The van der Waals surface area contributed by atoms with Crippen LogP contribution in [-0.2, 0) is 0 Å². The largest absolute Gasteiger partial charge is 0.493 e. The number of thioether (sulfide) groups is 1. The van der Waals surface area contributed by atoms with Gasteiger partial charge in [-0.1, -0.05) is 24.3 Å². The molecule has 2 aromatic carbocycles. The fourth-order valence-electron chi connectivity index (χ4n) is 3.32. The predicted molar refractivity (Wildman–Crippen MR) is 112 cm³/mol. The lowest BCUT2D eigenvalue weighted by molar-refractivity contribution is 0.0697. The summed E-state index contributed by atoms with van der Waals surface area (Å²) in [5, 5.41) is 13.2. The minimum Gasteiger partial charge on any atom is -0.493 e. The third-order valence-electron chi connectivity index (χ3n) is 4.85. The van der Waals surface area contributed by atoms with Crippen molar-refractivity contribution in [1.29, 1.82) is 0 Å². The maximum Gasteiger partial charge on any atom is 0.338 e. The molecule has 28 heavy (non-hydrogen) atoms. The van der Waals surface area contributed by atoms with E-state index in [4.69, 9.17) is 9.84 Å². The smallest absolute Gasteiger partial charge is 0.338 e. The van der Waals surface area contributed by atoms with Gasteiger partial charge in [-0.15, -0.1) is 0 Å². The first-order valence-corrected chi connectivity index (χ1v) is 10.5. The second-order valence-corrected chi connectivity index (χ2v) is 8.10. The maximum absolute atomic E-state index is 11.1. The second-order valence-electron chi connectivity index (χ2n) is 6.95. The van der Waals surface area contributed by atoms with Crippen molar-refractivity contribution in [2.45, 2.75) is 12.8 Å².